The molecule has 1 unspecified atom stereocenters. The van der Waals surface area contributed by atoms with Crippen LogP contribution in [0.15, 0.2) is 42.5 Å². The fraction of sp³-hybridized carbons (Fsp3) is 0.188. The summed E-state index contributed by atoms with van der Waals surface area (Å²) in [7, 11) is 0. The molecule has 1 atom stereocenters. The van der Waals surface area contributed by atoms with Crippen LogP contribution in [0.4, 0.5) is 5.69 Å². The van der Waals surface area contributed by atoms with Crippen LogP contribution in [-0.2, 0) is 11.2 Å². The van der Waals surface area contributed by atoms with Crippen molar-refractivity contribution in [1.29, 1.82) is 0 Å². The van der Waals surface area contributed by atoms with Gasteiger partial charge in [0.2, 0.25) is 0 Å². The third kappa shape index (κ3) is 2.95. The first-order valence-electron chi connectivity index (χ1n) is 6.60. The fourth-order valence-corrected chi connectivity index (χ4v) is 2.49. The molecule has 0 saturated carbocycles. The van der Waals surface area contributed by atoms with Crippen LogP contribution in [0.5, 0.6) is 5.75 Å². The molecule has 3 rings (SSSR count). The summed E-state index contributed by atoms with van der Waals surface area (Å²) >= 11 is 5.80. The number of esters is 1. The monoisotopic (exact) mass is 303 g/mol. The molecule has 0 fully saturated rings. The third-order valence-electron chi connectivity index (χ3n) is 3.35. The number of carbonyl (C=O) groups excluding carboxylic acids is 1. The maximum atomic E-state index is 12.0. The zero-order chi connectivity index (χ0) is 14.8. The maximum absolute atomic E-state index is 12.0. The molecule has 0 saturated heterocycles. The van der Waals surface area contributed by atoms with E-state index in [2.05, 4.69) is 0 Å². The predicted molar refractivity (Wildman–Crippen MR) is 80.7 cm³/mol. The number of anilines is 1. The lowest BCUT2D eigenvalue weighted by atomic mass is 10.1. The summed E-state index contributed by atoms with van der Waals surface area (Å²) in [6, 6.07) is 12.5. The molecule has 0 radical (unpaired) electrons. The topological polar surface area (TPSA) is 61.6 Å². The number of para-hydroxylation sites is 1. The summed E-state index contributed by atoms with van der Waals surface area (Å²) in [5, 5.41) is 0.485. The van der Waals surface area contributed by atoms with Gasteiger partial charge >= 0.3 is 5.97 Å². The van der Waals surface area contributed by atoms with Gasteiger partial charge in [0.1, 0.15) is 18.5 Å². The Kier molecular flexibility index (Phi) is 3.71. The molecule has 0 spiro atoms. The highest BCUT2D eigenvalue weighted by atomic mass is 35.5. The van der Waals surface area contributed by atoms with Gasteiger partial charge in [-0.05, 0) is 29.8 Å². The van der Waals surface area contributed by atoms with Gasteiger partial charge in [-0.3, -0.25) is 0 Å². The molecule has 1 aliphatic heterocycles. The Balaban J connectivity index is 1.60. The highest BCUT2D eigenvalue weighted by molar-refractivity contribution is 6.31. The van der Waals surface area contributed by atoms with E-state index in [9.17, 15) is 4.79 Å². The number of hydrogen-bond acceptors (Lipinski definition) is 4. The van der Waals surface area contributed by atoms with E-state index in [0.29, 0.717) is 16.3 Å². The standard InChI is InChI=1S/C16H14ClNO3/c17-11-5-6-13(14(18)8-11)16(19)20-9-12-7-10-3-1-2-4-15(10)21-12/h1-6,8,12H,7,9,18H2. The molecule has 2 N–H and O–H groups in total. The Hall–Kier alpha value is -2.20. The van der Waals surface area contributed by atoms with Gasteiger partial charge in [-0.2, -0.15) is 0 Å². The van der Waals surface area contributed by atoms with E-state index in [1.165, 1.54) is 6.07 Å². The summed E-state index contributed by atoms with van der Waals surface area (Å²) in [5.41, 5.74) is 7.51. The highest BCUT2D eigenvalue weighted by Gasteiger charge is 2.24. The first-order chi connectivity index (χ1) is 10.1. The first-order valence-corrected chi connectivity index (χ1v) is 6.98. The molecule has 5 heteroatoms. The summed E-state index contributed by atoms with van der Waals surface area (Å²) in [5.74, 6) is 0.383. The van der Waals surface area contributed by atoms with Crippen molar-refractivity contribution < 1.29 is 14.3 Å². The SMILES string of the molecule is Nc1cc(Cl)ccc1C(=O)OCC1Cc2ccccc2O1. The molecule has 108 valence electrons. The molecule has 0 aliphatic carbocycles. The van der Waals surface area contributed by atoms with E-state index in [1.807, 2.05) is 24.3 Å². The van der Waals surface area contributed by atoms with E-state index in [4.69, 9.17) is 26.8 Å². The molecule has 1 heterocycles. The number of nitrogens with two attached hydrogens (primary N) is 1. The van der Waals surface area contributed by atoms with Gasteiger partial charge in [0, 0.05) is 17.1 Å². The van der Waals surface area contributed by atoms with Gasteiger partial charge in [0.15, 0.2) is 0 Å². The van der Waals surface area contributed by atoms with Crippen molar-refractivity contribution in [2.45, 2.75) is 12.5 Å². The summed E-state index contributed by atoms with van der Waals surface area (Å²) < 4.78 is 11.0. The zero-order valence-corrected chi connectivity index (χ0v) is 12.0. The lowest BCUT2D eigenvalue weighted by Gasteiger charge is -2.12. The Labute approximate surface area is 127 Å². The molecule has 21 heavy (non-hydrogen) atoms. The van der Waals surface area contributed by atoms with Crippen molar-refractivity contribution in [3.63, 3.8) is 0 Å². The minimum absolute atomic E-state index is 0.153. The van der Waals surface area contributed by atoms with Crippen LogP contribution in [0, 0.1) is 0 Å². The van der Waals surface area contributed by atoms with Gasteiger partial charge in [-0.1, -0.05) is 29.8 Å². The van der Waals surface area contributed by atoms with Crippen LogP contribution in [0.3, 0.4) is 0 Å². The smallest absolute Gasteiger partial charge is 0.340 e. The molecule has 2 aromatic carbocycles. The quantitative estimate of drug-likeness (QED) is 0.699. The van der Waals surface area contributed by atoms with Gasteiger partial charge in [0.25, 0.3) is 0 Å². The van der Waals surface area contributed by atoms with Crippen molar-refractivity contribution in [2.75, 3.05) is 12.3 Å². The summed E-state index contributed by atoms with van der Waals surface area (Å²) in [6.45, 7) is 0.190. The Morgan fingerprint density at radius 3 is 2.90 bits per heavy atom. The maximum Gasteiger partial charge on any atom is 0.340 e. The molecule has 2 aromatic rings. The zero-order valence-electron chi connectivity index (χ0n) is 11.2. The number of nitrogen functional groups attached to an aromatic ring is 1. The largest absolute Gasteiger partial charge is 0.486 e. The Morgan fingerprint density at radius 1 is 1.33 bits per heavy atom. The fourth-order valence-electron chi connectivity index (χ4n) is 2.31. The Bertz CT molecular complexity index is 662. The van der Waals surface area contributed by atoms with Crippen LogP contribution in [0.25, 0.3) is 0 Å². The predicted octanol–water partition coefficient (Wildman–Crippen LogP) is 3.08. The van der Waals surface area contributed by atoms with Gasteiger partial charge < -0.3 is 15.2 Å². The molecular formula is C16H14ClNO3. The van der Waals surface area contributed by atoms with Crippen LogP contribution in [0.2, 0.25) is 5.02 Å². The molecule has 1 aliphatic rings. The van der Waals surface area contributed by atoms with E-state index in [0.717, 1.165) is 17.7 Å². The second kappa shape index (κ2) is 5.66. The number of hydrogen-bond donors (Lipinski definition) is 1. The third-order valence-corrected chi connectivity index (χ3v) is 3.58. The summed E-state index contributed by atoms with van der Waals surface area (Å²) in [6.07, 6.45) is 0.583. The molecule has 0 bridgehead atoms. The lowest BCUT2D eigenvalue weighted by Crippen LogP contribution is -2.23. The van der Waals surface area contributed by atoms with Crippen LogP contribution >= 0.6 is 11.6 Å². The second-order valence-electron chi connectivity index (χ2n) is 4.88. The molecule has 0 aromatic heterocycles. The number of fused-ring (bicyclic) bond motifs is 1. The molecular weight excluding hydrogens is 290 g/mol. The lowest BCUT2D eigenvalue weighted by molar-refractivity contribution is 0.0348. The number of benzene rings is 2. The Morgan fingerprint density at radius 2 is 2.14 bits per heavy atom. The highest BCUT2D eigenvalue weighted by Crippen LogP contribution is 2.28. The van der Waals surface area contributed by atoms with Crippen molar-refractivity contribution in [3.05, 3.63) is 58.6 Å². The van der Waals surface area contributed by atoms with Crippen LogP contribution in [-0.4, -0.2) is 18.7 Å². The molecule has 4 nitrogen and oxygen atoms in total. The minimum Gasteiger partial charge on any atom is -0.486 e. The van der Waals surface area contributed by atoms with E-state index in [1.54, 1.807) is 12.1 Å². The number of ether oxygens (including phenoxy) is 2. The van der Waals surface area contributed by atoms with E-state index in [-0.39, 0.29) is 12.7 Å². The number of rotatable bonds is 3. The van der Waals surface area contributed by atoms with Crippen molar-refractivity contribution in [2.24, 2.45) is 0 Å². The number of carbonyl (C=O) groups is 1. The van der Waals surface area contributed by atoms with E-state index < -0.39 is 5.97 Å². The van der Waals surface area contributed by atoms with Crippen LogP contribution < -0.4 is 10.5 Å². The molecule has 0 amide bonds. The average molecular weight is 304 g/mol. The summed E-state index contributed by atoms with van der Waals surface area (Å²) in [4.78, 5) is 12.0. The van der Waals surface area contributed by atoms with Gasteiger partial charge in [-0.25, -0.2) is 4.79 Å². The minimum atomic E-state index is -0.469. The number of halogens is 1. The first kappa shape index (κ1) is 13.8. The normalized spacial score (nSPS) is 16.1. The van der Waals surface area contributed by atoms with Crippen molar-refractivity contribution >= 4 is 23.3 Å². The van der Waals surface area contributed by atoms with Crippen molar-refractivity contribution in [3.8, 4) is 5.75 Å². The van der Waals surface area contributed by atoms with Gasteiger partial charge in [0.05, 0.1) is 5.56 Å². The average Bonchev–Trinajstić information content (AvgIpc) is 2.87. The van der Waals surface area contributed by atoms with E-state index >= 15 is 0 Å². The van der Waals surface area contributed by atoms with Crippen molar-refractivity contribution in [1.82, 2.24) is 0 Å². The van der Waals surface area contributed by atoms with Gasteiger partial charge in [-0.15, -0.1) is 0 Å². The second-order valence-corrected chi connectivity index (χ2v) is 5.32. The van der Waals surface area contributed by atoms with Crippen LogP contribution in [0.1, 0.15) is 15.9 Å².